The summed E-state index contributed by atoms with van der Waals surface area (Å²) in [5, 5.41) is 0. The first-order valence-corrected chi connectivity index (χ1v) is 9.33. The molecule has 0 fully saturated rings. The average Bonchev–Trinajstić information content (AvgIpc) is 2.73. The smallest absolute Gasteiger partial charge is 0.130 e. The molecule has 0 aliphatic heterocycles. The molecule has 0 bridgehead atoms. The number of rotatable bonds is 5. The molecule has 0 saturated heterocycles. The summed E-state index contributed by atoms with van der Waals surface area (Å²) < 4.78 is 27.9. The number of alkyl halides is 1. The Hall–Kier alpha value is -1.96. The van der Waals surface area contributed by atoms with Crippen LogP contribution in [0.15, 0.2) is 59.5 Å². The van der Waals surface area contributed by atoms with Gasteiger partial charge in [0.05, 0.1) is 6.33 Å². The van der Waals surface area contributed by atoms with Crippen molar-refractivity contribution in [2.45, 2.75) is 60.1 Å². The van der Waals surface area contributed by atoms with E-state index in [9.17, 15) is 8.78 Å². The van der Waals surface area contributed by atoms with E-state index in [1.54, 1.807) is 13.8 Å². The van der Waals surface area contributed by atoms with Crippen LogP contribution in [0.5, 0.6) is 0 Å². The highest BCUT2D eigenvalue weighted by Crippen LogP contribution is 2.36. The lowest BCUT2D eigenvalue weighted by Gasteiger charge is -2.20. The van der Waals surface area contributed by atoms with Crippen molar-refractivity contribution in [1.82, 2.24) is 0 Å². The molecule has 2 heteroatoms. The molecule has 0 radical (unpaired) electrons. The largest absolute Gasteiger partial charge is 0.239 e. The molecule has 0 nitrogen and oxygen atoms in total. The normalized spacial score (nSPS) is 16.2. The summed E-state index contributed by atoms with van der Waals surface area (Å²) in [7, 11) is 0. The standard InChI is InChI=1S/C24H30F2/c1-16(2)13-19(15-25)22-9-7-8-10-23(18(22)4)21-12-11-20(14-17(21)3)24(5,6)26/h7,9-12,14-16H,8,13H2,1-6H3/b19-15+. The maximum absolute atomic E-state index is 14.3. The second-order valence-corrected chi connectivity index (χ2v) is 8.03. The van der Waals surface area contributed by atoms with E-state index < -0.39 is 5.67 Å². The van der Waals surface area contributed by atoms with Crippen LogP contribution >= 0.6 is 0 Å². The van der Waals surface area contributed by atoms with Gasteiger partial charge in [0.1, 0.15) is 5.67 Å². The van der Waals surface area contributed by atoms with Crippen LogP contribution in [0.2, 0.25) is 0 Å². The lowest BCUT2D eigenvalue weighted by atomic mass is 9.86. The predicted octanol–water partition coefficient (Wildman–Crippen LogP) is 7.76. The van der Waals surface area contributed by atoms with Crippen molar-refractivity contribution in [2.24, 2.45) is 5.92 Å². The number of halogens is 2. The lowest BCUT2D eigenvalue weighted by molar-refractivity contribution is 0.221. The van der Waals surface area contributed by atoms with E-state index in [4.69, 9.17) is 0 Å². The highest BCUT2D eigenvalue weighted by atomic mass is 19.1. The molecule has 0 heterocycles. The van der Waals surface area contributed by atoms with E-state index in [1.165, 1.54) is 0 Å². The fraction of sp³-hybridized carbons (Fsp3) is 0.417. The monoisotopic (exact) mass is 356 g/mol. The molecule has 0 unspecified atom stereocenters. The minimum atomic E-state index is -1.36. The van der Waals surface area contributed by atoms with E-state index in [2.05, 4.69) is 26.0 Å². The summed E-state index contributed by atoms with van der Waals surface area (Å²) >= 11 is 0. The first kappa shape index (κ1) is 20.4. The molecule has 1 aliphatic rings. The first-order valence-electron chi connectivity index (χ1n) is 9.33. The molecule has 0 amide bonds. The molecular weight excluding hydrogens is 326 g/mol. The molecule has 0 saturated carbocycles. The van der Waals surface area contributed by atoms with Crippen LogP contribution in [-0.2, 0) is 5.67 Å². The maximum Gasteiger partial charge on any atom is 0.130 e. The zero-order chi connectivity index (χ0) is 19.5. The number of hydrogen-bond acceptors (Lipinski definition) is 0. The summed E-state index contributed by atoms with van der Waals surface area (Å²) in [6, 6.07) is 5.77. The van der Waals surface area contributed by atoms with Crippen molar-refractivity contribution in [3.8, 4) is 0 Å². The van der Waals surface area contributed by atoms with Gasteiger partial charge in [0.2, 0.25) is 0 Å². The minimum absolute atomic E-state index is 0.384. The Labute approximate surface area is 157 Å². The van der Waals surface area contributed by atoms with Crippen LogP contribution < -0.4 is 0 Å². The third-order valence-electron chi connectivity index (χ3n) is 4.86. The zero-order valence-corrected chi connectivity index (χ0v) is 16.8. The first-order chi connectivity index (χ1) is 12.1. The highest BCUT2D eigenvalue weighted by Gasteiger charge is 2.21. The van der Waals surface area contributed by atoms with Gasteiger partial charge < -0.3 is 0 Å². The molecule has 0 spiro atoms. The number of benzene rings is 1. The predicted molar refractivity (Wildman–Crippen MR) is 108 cm³/mol. The van der Waals surface area contributed by atoms with E-state index in [0.717, 1.165) is 46.2 Å². The van der Waals surface area contributed by atoms with Crippen molar-refractivity contribution < 1.29 is 8.78 Å². The van der Waals surface area contributed by atoms with Gasteiger partial charge in [-0.15, -0.1) is 0 Å². The molecule has 0 aromatic heterocycles. The summed E-state index contributed by atoms with van der Waals surface area (Å²) in [6.45, 7) is 11.4. The van der Waals surface area contributed by atoms with Gasteiger partial charge in [-0.25, -0.2) is 8.78 Å². The van der Waals surface area contributed by atoms with Crippen molar-refractivity contribution in [3.63, 3.8) is 0 Å². The number of aryl methyl sites for hydroxylation is 1. The summed E-state index contributed by atoms with van der Waals surface area (Å²) in [5.41, 5.74) is 5.30. The molecule has 1 aliphatic carbocycles. The summed E-state index contributed by atoms with van der Waals surface area (Å²) in [6.07, 6.45) is 8.52. The van der Waals surface area contributed by atoms with Crippen molar-refractivity contribution >= 4 is 5.57 Å². The van der Waals surface area contributed by atoms with E-state index in [1.807, 2.05) is 38.1 Å². The average molecular weight is 357 g/mol. The quantitative estimate of drug-likeness (QED) is 0.505. The van der Waals surface area contributed by atoms with Crippen LogP contribution in [0, 0.1) is 12.8 Å². The van der Waals surface area contributed by atoms with Crippen LogP contribution in [-0.4, -0.2) is 0 Å². The molecule has 1 aromatic rings. The van der Waals surface area contributed by atoms with Crippen LogP contribution in [0.4, 0.5) is 8.78 Å². The van der Waals surface area contributed by atoms with E-state index in [0.29, 0.717) is 17.9 Å². The maximum atomic E-state index is 14.3. The number of allylic oxidation sites excluding steroid dienone is 7. The van der Waals surface area contributed by atoms with Crippen LogP contribution in [0.25, 0.3) is 5.57 Å². The van der Waals surface area contributed by atoms with Crippen molar-refractivity contribution in [3.05, 3.63) is 76.2 Å². The fourth-order valence-corrected chi connectivity index (χ4v) is 3.44. The van der Waals surface area contributed by atoms with Gasteiger partial charge in [0, 0.05) is 0 Å². The van der Waals surface area contributed by atoms with Gasteiger partial charge >= 0.3 is 0 Å². The van der Waals surface area contributed by atoms with Gasteiger partial charge in [-0.3, -0.25) is 0 Å². The summed E-state index contributed by atoms with van der Waals surface area (Å²) in [4.78, 5) is 0. The Morgan fingerprint density at radius 1 is 1.23 bits per heavy atom. The second-order valence-electron chi connectivity index (χ2n) is 8.03. The Kier molecular flexibility index (Phi) is 6.39. The minimum Gasteiger partial charge on any atom is -0.239 e. The topological polar surface area (TPSA) is 0 Å². The third-order valence-corrected chi connectivity index (χ3v) is 4.86. The van der Waals surface area contributed by atoms with Gasteiger partial charge in [-0.05, 0) is 85.4 Å². The Morgan fingerprint density at radius 3 is 2.46 bits per heavy atom. The van der Waals surface area contributed by atoms with Gasteiger partial charge in [-0.2, -0.15) is 0 Å². The molecule has 26 heavy (non-hydrogen) atoms. The van der Waals surface area contributed by atoms with E-state index in [-0.39, 0.29) is 0 Å². The van der Waals surface area contributed by atoms with E-state index >= 15 is 0 Å². The molecule has 0 N–H and O–H groups in total. The summed E-state index contributed by atoms with van der Waals surface area (Å²) in [5.74, 6) is 0.384. The Morgan fingerprint density at radius 2 is 1.92 bits per heavy atom. The molecule has 1 aromatic carbocycles. The molecule has 140 valence electrons. The third kappa shape index (κ3) is 4.60. The van der Waals surface area contributed by atoms with Gasteiger partial charge in [0.25, 0.3) is 0 Å². The van der Waals surface area contributed by atoms with Gasteiger partial charge in [0.15, 0.2) is 0 Å². The Bertz CT molecular complexity index is 781. The SMILES string of the molecule is CC1=C(/C(=C/F)CC(C)C)C=CCC=C1c1ccc(C(C)(C)F)cc1C. The molecular formula is C24H30F2. The van der Waals surface area contributed by atoms with Gasteiger partial charge in [-0.1, -0.05) is 50.3 Å². The molecule has 0 atom stereocenters. The van der Waals surface area contributed by atoms with Crippen LogP contribution in [0.1, 0.15) is 64.2 Å². The zero-order valence-electron chi connectivity index (χ0n) is 16.8. The Balaban J connectivity index is 2.52. The molecule has 2 rings (SSSR count). The number of hydrogen-bond donors (Lipinski definition) is 0. The highest BCUT2D eigenvalue weighted by molar-refractivity contribution is 5.83. The second kappa shape index (κ2) is 8.16. The van der Waals surface area contributed by atoms with Crippen LogP contribution in [0.3, 0.4) is 0 Å². The fourth-order valence-electron chi connectivity index (χ4n) is 3.44. The lowest BCUT2D eigenvalue weighted by Crippen LogP contribution is -2.09. The van der Waals surface area contributed by atoms with Crippen molar-refractivity contribution in [2.75, 3.05) is 0 Å². The van der Waals surface area contributed by atoms with Crippen molar-refractivity contribution in [1.29, 1.82) is 0 Å².